The maximum absolute atomic E-state index is 12.5. The lowest BCUT2D eigenvalue weighted by molar-refractivity contribution is 0.0954. The molecule has 1 N–H and O–H groups in total. The number of carbonyl (C=O) groups is 1. The van der Waals surface area contributed by atoms with Crippen LogP contribution < -0.4 is 19.6 Å². The van der Waals surface area contributed by atoms with Crippen LogP contribution in [0.2, 0.25) is 0 Å². The Bertz CT molecular complexity index is 781. The minimum atomic E-state index is -0.359. The molecule has 0 aliphatic carbocycles. The molecule has 0 aliphatic heterocycles. The largest absolute Gasteiger partial charge is 0.490 e. The van der Waals surface area contributed by atoms with Crippen molar-refractivity contribution in [2.75, 3.05) is 19.8 Å². The first kappa shape index (κ1) is 21.0. The zero-order chi connectivity index (χ0) is 19.6. The van der Waals surface area contributed by atoms with Crippen LogP contribution in [0.5, 0.6) is 17.2 Å². The quantitative estimate of drug-likeness (QED) is 0.330. The fraction of sp³-hybridized carbons (Fsp3) is 0.300. The molecule has 0 saturated carbocycles. The summed E-state index contributed by atoms with van der Waals surface area (Å²) < 4.78 is 18.0. The van der Waals surface area contributed by atoms with Crippen LogP contribution in [0.25, 0.3) is 0 Å². The monoisotopic (exact) mass is 482 g/mol. The van der Waals surface area contributed by atoms with Gasteiger partial charge in [0.1, 0.15) is 0 Å². The smallest absolute Gasteiger partial charge is 0.271 e. The first-order valence-electron chi connectivity index (χ1n) is 8.75. The first-order chi connectivity index (χ1) is 13.1. The van der Waals surface area contributed by atoms with E-state index in [0.717, 1.165) is 9.13 Å². The number of nitrogens with zero attached hydrogens (tertiary/aromatic N) is 1. The Balaban J connectivity index is 2.25. The van der Waals surface area contributed by atoms with Gasteiger partial charge >= 0.3 is 0 Å². The van der Waals surface area contributed by atoms with Gasteiger partial charge in [-0.25, -0.2) is 5.43 Å². The van der Waals surface area contributed by atoms with Gasteiger partial charge in [0.2, 0.25) is 5.75 Å². The average Bonchev–Trinajstić information content (AvgIpc) is 2.66. The van der Waals surface area contributed by atoms with E-state index < -0.39 is 0 Å². The third-order valence-electron chi connectivity index (χ3n) is 3.45. The van der Waals surface area contributed by atoms with Gasteiger partial charge in [-0.05, 0) is 61.6 Å². The van der Waals surface area contributed by atoms with Gasteiger partial charge in [-0.15, -0.1) is 0 Å². The third-order valence-corrected chi connectivity index (χ3v) is 4.43. The van der Waals surface area contributed by atoms with Crippen molar-refractivity contribution in [2.24, 2.45) is 5.10 Å². The van der Waals surface area contributed by atoms with Crippen LogP contribution in [0.1, 0.15) is 36.7 Å². The number of halogens is 1. The van der Waals surface area contributed by atoms with E-state index in [1.807, 2.05) is 45.0 Å². The highest BCUT2D eigenvalue weighted by Gasteiger charge is 2.18. The van der Waals surface area contributed by atoms with E-state index in [1.54, 1.807) is 18.3 Å². The minimum Gasteiger partial charge on any atom is -0.490 e. The van der Waals surface area contributed by atoms with E-state index in [1.165, 1.54) is 0 Å². The molecule has 1 amide bonds. The first-order valence-corrected chi connectivity index (χ1v) is 9.82. The number of benzene rings is 2. The molecule has 27 heavy (non-hydrogen) atoms. The zero-order valence-corrected chi connectivity index (χ0v) is 17.8. The predicted octanol–water partition coefficient (Wildman–Crippen LogP) is 4.25. The molecule has 0 spiro atoms. The van der Waals surface area contributed by atoms with Crippen molar-refractivity contribution in [1.29, 1.82) is 0 Å². The second kappa shape index (κ2) is 10.8. The lowest BCUT2D eigenvalue weighted by Gasteiger charge is -2.16. The fourth-order valence-corrected chi connectivity index (χ4v) is 2.85. The highest BCUT2D eigenvalue weighted by atomic mass is 127. The van der Waals surface area contributed by atoms with E-state index in [-0.39, 0.29) is 5.91 Å². The van der Waals surface area contributed by atoms with Crippen LogP contribution in [0.4, 0.5) is 0 Å². The summed E-state index contributed by atoms with van der Waals surface area (Å²) in [5.74, 6) is 1.08. The van der Waals surface area contributed by atoms with Gasteiger partial charge in [0, 0.05) is 14.7 Å². The van der Waals surface area contributed by atoms with Crippen LogP contribution in [-0.4, -0.2) is 31.9 Å². The molecule has 2 rings (SSSR count). The maximum Gasteiger partial charge on any atom is 0.271 e. The van der Waals surface area contributed by atoms with Gasteiger partial charge in [0.05, 0.1) is 26.0 Å². The zero-order valence-electron chi connectivity index (χ0n) is 15.6. The van der Waals surface area contributed by atoms with E-state index in [9.17, 15) is 4.79 Å². The van der Waals surface area contributed by atoms with Crippen LogP contribution in [0.3, 0.4) is 0 Å². The Morgan fingerprint density at radius 3 is 2.19 bits per heavy atom. The molecular weight excluding hydrogens is 459 g/mol. The Labute approximate surface area is 173 Å². The van der Waals surface area contributed by atoms with Gasteiger partial charge in [-0.3, -0.25) is 4.79 Å². The predicted molar refractivity (Wildman–Crippen MR) is 114 cm³/mol. The molecule has 144 valence electrons. The lowest BCUT2D eigenvalue weighted by Crippen LogP contribution is -2.18. The molecule has 0 aliphatic rings. The fourth-order valence-electron chi connectivity index (χ4n) is 2.32. The second-order valence-corrected chi connectivity index (χ2v) is 6.48. The van der Waals surface area contributed by atoms with Gasteiger partial charge in [-0.2, -0.15) is 5.10 Å². The molecule has 0 heterocycles. The molecule has 7 heteroatoms. The third kappa shape index (κ3) is 5.85. The number of ether oxygens (including phenoxy) is 3. The molecule has 0 fully saturated rings. The van der Waals surface area contributed by atoms with Crippen molar-refractivity contribution in [2.45, 2.75) is 20.8 Å². The molecular formula is C20H23IN2O4. The second-order valence-electron chi connectivity index (χ2n) is 5.32. The number of carbonyl (C=O) groups excluding carboxylic acids is 1. The minimum absolute atomic E-state index is 0.359. The van der Waals surface area contributed by atoms with Gasteiger partial charge in [0.25, 0.3) is 5.91 Å². The molecule has 0 atom stereocenters. The Kier molecular flexibility index (Phi) is 8.38. The molecule has 2 aromatic carbocycles. The van der Waals surface area contributed by atoms with Crippen molar-refractivity contribution in [3.05, 3.63) is 51.1 Å². The summed E-state index contributed by atoms with van der Waals surface area (Å²) in [6.07, 6.45) is 1.61. The van der Waals surface area contributed by atoms with Crippen molar-refractivity contribution < 1.29 is 19.0 Å². The SMILES string of the molecule is CCOc1cc(C(=O)NN=Cc2ccccc2I)cc(OCC)c1OCC. The Morgan fingerprint density at radius 1 is 1.04 bits per heavy atom. The van der Waals surface area contributed by atoms with E-state index >= 15 is 0 Å². The number of hydrazone groups is 1. The summed E-state index contributed by atoms with van der Waals surface area (Å²) in [5.41, 5.74) is 3.85. The molecule has 0 saturated heterocycles. The molecule has 0 unspecified atom stereocenters. The van der Waals surface area contributed by atoms with Gasteiger partial charge in [0.15, 0.2) is 11.5 Å². The summed E-state index contributed by atoms with van der Waals surface area (Å²) in [6, 6.07) is 11.0. The molecule has 0 aromatic heterocycles. The Morgan fingerprint density at radius 2 is 1.63 bits per heavy atom. The lowest BCUT2D eigenvalue weighted by atomic mass is 10.1. The van der Waals surface area contributed by atoms with E-state index in [2.05, 4.69) is 33.1 Å². The Hall–Kier alpha value is -2.29. The highest BCUT2D eigenvalue weighted by molar-refractivity contribution is 14.1. The van der Waals surface area contributed by atoms with Crippen molar-refractivity contribution in [3.63, 3.8) is 0 Å². The standard InChI is InChI=1S/C20H23IN2O4/c1-4-25-17-11-15(12-18(26-5-2)19(17)27-6-3)20(24)23-22-13-14-9-7-8-10-16(14)21/h7-13H,4-6H2,1-3H3,(H,23,24). The van der Waals surface area contributed by atoms with Crippen molar-refractivity contribution in [1.82, 2.24) is 5.43 Å². The number of hydrogen-bond acceptors (Lipinski definition) is 5. The van der Waals surface area contributed by atoms with Gasteiger partial charge in [-0.1, -0.05) is 18.2 Å². The van der Waals surface area contributed by atoms with Gasteiger partial charge < -0.3 is 14.2 Å². The van der Waals surface area contributed by atoms with Crippen LogP contribution >= 0.6 is 22.6 Å². The van der Waals surface area contributed by atoms with E-state index in [0.29, 0.717) is 42.6 Å². The maximum atomic E-state index is 12.5. The summed E-state index contributed by atoms with van der Waals surface area (Å²) in [4.78, 5) is 12.5. The number of hydrogen-bond donors (Lipinski definition) is 1. The summed E-state index contributed by atoms with van der Waals surface area (Å²) in [7, 11) is 0. The summed E-state index contributed by atoms with van der Waals surface area (Å²) >= 11 is 2.22. The number of rotatable bonds is 9. The molecule has 0 bridgehead atoms. The normalized spacial score (nSPS) is 10.7. The molecule has 6 nitrogen and oxygen atoms in total. The van der Waals surface area contributed by atoms with Crippen molar-refractivity contribution >= 4 is 34.7 Å². The van der Waals surface area contributed by atoms with Crippen LogP contribution in [0.15, 0.2) is 41.5 Å². The number of amides is 1. The van der Waals surface area contributed by atoms with Crippen LogP contribution in [0, 0.1) is 3.57 Å². The van der Waals surface area contributed by atoms with Crippen molar-refractivity contribution in [3.8, 4) is 17.2 Å². The van der Waals surface area contributed by atoms with Crippen LogP contribution in [-0.2, 0) is 0 Å². The highest BCUT2D eigenvalue weighted by Crippen LogP contribution is 2.39. The molecule has 2 aromatic rings. The summed E-state index contributed by atoms with van der Waals surface area (Å²) in [6.45, 7) is 6.98. The molecule has 0 radical (unpaired) electrons. The summed E-state index contributed by atoms with van der Waals surface area (Å²) in [5, 5.41) is 4.05. The topological polar surface area (TPSA) is 69.2 Å². The average molecular weight is 482 g/mol. The van der Waals surface area contributed by atoms with E-state index in [4.69, 9.17) is 14.2 Å². The number of nitrogens with one attached hydrogen (secondary N) is 1.